The van der Waals surface area contributed by atoms with Crippen LogP contribution in [0.15, 0.2) is 83.8 Å². The number of primary amides is 1. The van der Waals surface area contributed by atoms with Gasteiger partial charge >= 0.3 is 0 Å². The van der Waals surface area contributed by atoms with Crippen molar-refractivity contribution in [1.29, 1.82) is 0 Å². The molecular formula is C22H20Cl2N2O3S. The van der Waals surface area contributed by atoms with Crippen molar-refractivity contribution in [2.75, 3.05) is 6.54 Å². The third-order valence-electron chi connectivity index (χ3n) is 4.63. The van der Waals surface area contributed by atoms with Gasteiger partial charge in [0.05, 0.1) is 4.90 Å². The summed E-state index contributed by atoms with van der Waals surface area (Å²) in [7, 11) is -4.04. The van der Waals surface area contributed by atoms with Gasteiger partial charge in [-0.3, -0.25) is 4.79 Å². The van der Waals surface area contributed by atoms with Crippen LogP contribution in [0.2, 0.25) is 10.0 Å². The maximum absolute atomic E-state index is 13.5. The Kier molecular flexibility index (Phi) is 7.15. The van der Waals surface area contributed by atoms with Crippen LogP contribution in [0.1, 0.15) is 17.2 Å². The Morgan fingerprint density at radius 1 is 0.867 bits per heavy atom. The summed E-state index contributed by atoms with van der Waals surface area (Å²) in [6.07, 6.45) is 0.376. The van der Waals surface area contributed by atoms with Crippen molar-refractivity contribution in [3.8, 4) is 0 Å². The van der Waals surface area contributed by atoms with Gasteiger partial charge in [0.15, 0.2) is 0 Å². The summed E-state index contributed by atoms with van der Waals surface area (Å²) in [6, 6.07) is 20.4. The van der Waals surface area contributed by atoms with Crippen LogP contribution < -0.4 is 5.73 Å². The van der Waals surface area contributed by atoms with Gasteiger partial charge in [0.1, 0.15) is 6.04 Å². The number of sulfonamides is 1. The molecule has 0 saturated carbocycles. The van der Waals surface area contributed by atoms with E-state index < -0.39 is 22.0 Å². The van der Waals surface area contributed by atoms with Gasteiger partial charge in [0.2, 0.25) is 15.9 Å². The maximum Gasteiger partial charge on any atom is 0.244 e. The minimum Gasteiger partial charge on any atom is -0.368 e. The van der Waals surface area contributed by atoms with Crippen LogP contribution in [-0.2, 0) is 21.2 Å². The molecule has 8 heteroatoms. The van der Waals surface area contributed by atoms with Crippen molar-refractivity contribution < 1.29 is 13.2 Å². The Labute approximate surface area is 186 Å². The molecule has 0 aliphatic rings. The molecule has 0 bridgehead atoms. The molecule has 1 amide bonds. The summed E-state index contributed by atoms with van der Waals surface area (Å²) < 4.78 is 28.1. The Morgan fingerprint density at radius 2 is 1.40 bits per heavy atom. The van der Waals surface area contributed by atoms with Crippen molar-refractivity contribution in [2.24, 2.45) is 5.73 Å². The quantitative estimate of drug-likeness (QED) is 0.536. The second-order valence-electron chi connectivity index (χ2n) is 6.66. The molecule has 1 unspecified atom stereocenters. The molecule has 0 radical (unpaired) electrons. The monoisotopic (exact) mass is 462 g/mol. The molecule has 0 spiro atoms. The number of amides is 1. The second kappa shape index (κ2) is 9.62. The summed E-state index contributed by atoms with van der Waals surface area (Å²) in [6.45, 7) is 0.0507. The lowest BCUT2D eigenvalue weighted by Crippen LogP contribution is -2.42. The van der Waals surface area contributed by atoms with E-state index in [4.69, 9.17) is 28.9 Å². The van der Waals surface area contributed by atoms with E-state index in [0.29, 0.717) is 22.0 Å². The van der Waals surface area contributed by atoms with Crippen LogP contribution in [0, 0.1) is 0 Å². The van der Waals surface area contributed by atoms with E-state index >= 15 is 0 Å². The fourth-order valence-corrected chi connectivity index (χ4v) is 4.97. The van der Waals surface area contributed by atoms with Gasteiger partial charge in [-0.25, -0.2) is 8.42 Å². The number of halogens is 2. The van der Waals surface area contributed by atoms with E-state index in [2.05, 4.69) is 0 Å². The minimum atomic E-state index is -4.04. The molecule has 156 valence electrons. The second-order valence-corrected chi connectivity index (χ2v) is 9.43. The molecule has 3 aromatic rings. The number of hydrogen-bond donors (Lipinski definition) is 1. The smallest absolute Gasteiger partial charge is 0.244 e. The van der Waals surface area contributed by atoms with Gasteiger partial charge in [-0.2, -0.15) is 4.31 Å². The lowest BCUT2D eigenvalue weighted by atomic mass is 10.1. The topological polar surface area (TPSA) is 80.5 Å². The first-order valence-corrected chi connectivity index (χ1v) is 11.3. The predicted molar refractivity (Wildman–Crippen MR) is 119 cm³/mol. The Bertz CT molecular complexity index is 1100. The zero-order chi connectivity index (χ0) is 21.7. The first-order chi connectivity index (χ1) is 14.3. The molecule has 3 rings (SSSR count). The highest BCUT2D eigenvalue weighted by atomic mass is 35.5. The summed E-state index contributed by atoms with van der Waals surface area (Å²) in [4.78, 5) is 12.4. The summed E-state index contributed by atoms with van der Waals surface area (Å²) in [5.41, 5.74) is 7.05. The van der Waals surface area contributed by atoms with Crippen LogP contribution >= 0.6 is 23.2 Å². The number of carbonyl (C=O) groups is 1. The number of hydrogen-bond acceptors (Lipinski definition) is 3. The predicted octanol–water partition coefficient (Wildman–Crippen LogP) is 4.45. The van der Waals surface area contributed by atoms with E-state index in [9.17, 15) is 13.2 Å². The largest absolute Gasteiger partial charge is 0.368 e. The third kappa shape index (κ3) is 5.21. The lowest BCUT2D eigenvalue weighted by Gasteiger charge is -2.29. The number of nitrogens with two attached hydrogens (primary N) is 1. The summed E-state index contributed by atoms with van der Waals surface area (Å²) in [5.74, 6) is -0.755. The van der Waals surface area contributed by atoms with E-state index in [1.807, 2.05) is 12.1 Å². The Balaban J connectivity index is 2.03. The van der Waals surface area contributed by atoms with Gasteiger partial charge in [0.25, 0.3) is 0 Å². The molecule has 0 aliphatic carbocycles. The molecule has 30 heavy (non-hydrogen) atoms. The molecular weight excluding hydrogens is 443 g/mol. The van der Waals surface area contributed by atoms with Gasteiger partial charge in [-0.1, -0.05) is 65.7 Å². The van der Waals surface area contributed by atoms with E-state index in [1.54, 1.807) is 42.5 Å². The van der Waals surface area contributed by atoms with E-state index in [-0.39, 0.29) is 11.4 Å². The molecule has 3 aromatic carbocycles. The molecule has 0 saturated heterocycles. The van der Waals surface area contributed by atoms with E-state index in [0.717, 1.165) is 9.87 Å². The summed E-state index contributed by atoms with van der Waals surface area (Å²) >= 11 is 11.8. The first kappa shape index (κ1) is 22.3. The van der Waals surface area contributed by atoms with Gasteiger partial charge in [-0.15, -0.1) is 0 Å². The average Bonchev–Trinajstić information content (AvgIpc) is 2.73. The fraction of sp³-hybridized carbons (Fsp3) is 0.136. The van der Waals surface area contributed by atoms with Crippen molar-refractivity contribution >= 4 is 39.1 Å². The van der Waals surface area contributed by atoms with Gasteiger partial charge in [-0.05, 0) is 53.9 Å². The zero-order valence-corrected chi connectivity index (χ0v) is 18.2. The first-order valence-electron chi connectivity index (χ1n) is 9.15. The lowest BCUT2D eigenvalue weighted by molar-refractivity contribution is -0.121. The van der Waals surface area contributed by atoms with Crippen molar-refractivity contribution in [3.63, 3.8) is 0 Å². The van der Waals surface area contributed by atoms with Gasteiger partial charge < -0.3 is 5.73 Å². The Morgan fingerprint density at radius 3 is 1.93 bits per heavy atom. The molecule has 0 heterocycles. The zero-order valence-electron chi connectivity index (χ0n) is 15.9. The highest BCUT2D eigenvalue weighted by molar-refractivity contribution is 7.89. The Hall–Kier alpha value is -2.38. The number of nitrogens with zero attached hydrogens (tertiary/aromatic N) is 1. The van der Waals surface area contributed by atoms with Crippen molar-refractivity contribution in [3.05, 3.63) is 100 Å². The molecule has 0 aliphatic heterocycles. The van der Waals surface area contributed by atoms with Crippen LogP contribution in [0.25, 0.3) is 0 Å². The molecule has 2 N–H and O–H groups in total. The SMILES string of the molecule is NC(=O)C(c1ccccc1)N(CCc1ccc(Cl)cc1)S(=O)(=O)c1ccc(Cl)cc1. The van der Waals surface area contributed by atoms with Crippen LogP contribution in [-0.4, -0.2) is 25.2 Å². The van der Waals surface area contributed by atoms with Gasteiger partial charge in [0, 0.05) is 16.6 Å². The fourth-order valence-electron chi connectivity index (χ4n) is 3.13. The minimum absolute atomic E-state index is 0.0326. The van der Waals surface area contributed by atoms with Crippen molar-refractivity contribution in [2.45, 2.75) is 17.4 Å². The highest BCUT2D eigenvalue weighted by Gasteiger charge is 2.35. The molecule has 5 nitrogen and oxygen atoms in total. The van der Waals surface area contributed by atoms with Crippen molar-refractivity contribution in [1.82, 2.24) is 4.31 Å². The van der Waals surface area contributed by atoms with E-state index in [1.165, 1.54) is 24.3 Å². The maximum atomic E-state index is 13.5. The number of rotatable bonds is 8. The van der Waals surface area contributed by atoms with Crippen LogP contribution in [0.3, 0.4) is 0 Å². The van der Waals surface area contributed by atoms with Crippen LogP contribution in [0.5, 0.6) is 0 Å². The van der Waals surface area contributed by atoms with Crippen LogP contribution in [0.4, 0.5) is 0 Å². The molecule has 1 atom stereocenters. The summed E-state index contributed by atoms with van der Waals surface area (Å²) in [5, 5.41) is 1.000. The highest BCUT2D eigenvalue weighted by Crippen LogP contribution is 2.29. The molecule has 0 aromatic heterocycles. The third-order valence-corrected chi connectivity index (χ3v) is 7.01. The number of carbonyl (C=O) groups excluding carboxylic acids is 1. The average molecular weight is 463 g/mol. The normalized spacial score (nSPS) is 12.6. The molecule has 0 fully saturated rings. The standard InChI is InChI=1S/C22H20Cl2N2O3S/c23-18-8-6-16(7-9-18)14-15-26(21(22(25)27)17-4-2-1-3-5-17)30(28,29)20-12-10-19(24)11-13-20/h1-13,21H,14-15H2,(H2,25,27). The number of benzene rings is 3.